The first kappa shape index (κ1) is 37.0. The Morgan fingerprint density at radius 3 is 2.03 bits per heavy atom. The highest BCUT2D eigenvalue weighted by Crippen LogP contribution is 2.26. The Morgan fingerprint density at radius 2 is 1.61 bits per heavy atom. The SMILES string of the molecule is CC1CN(CCC(C)(C)CC(=O)O)CCN1C(=O)OC(C)(C)C.CN.COC=O.O=COc1ccccc1. The molecule has 38 heavy (non-hydrogen) atoms. The molecule has 1 amide bonds. The summed E-state index contributed by atoms with van der Waals surface area (Å²) in [5.41, 5.74) is 3.81. The smallest absolute Gasteiger partial charge is 0.410 e. The fourth-order valence-corrected chi connectivity index (χ4v) is 3.34. The molecule has 1 aliphatic heterocycles. The maximum atomic E-state index is 12.2. The van der Waals surface area contributed by atoms with Crippen molar-refractivity contribution >= 4 is 25.0 Å². The van der Waals surface area contributed by atoms with Crippen LogP contribution in [-0.4, -0.2) is 91.9 Å². The summed E-state index contributed by atoms with van der Waals surface area (Å²) in [5, 5.41) is 8.95. The summed E-state index contributed by atoms with van der Waals surface area (Å²) in [6.45, 7) is 15.5. The number of benzene rings is 1. The third-order valence-electron chi connectivity index (χ3n) is 5.10. The fraction of sp³-hybridized carbons (Fsp3) is 0.630. The molecule has 218 valence electrons. The van der Waals surface area contributed by atoms with Gasteiger partial charge in [0.15, 0.2) is 0 Å². The number of methoxy groups -OCH3 is 1. The zero-order chi connectivity index (χ0) is 29.8. The molecule has 11 heteroatoms. The minimum absolute atomic E-state index is 0.0983. The maximum absolute atomic E-state index is 12.2. The summed E-state index contributed by atoms with van der Waals surface area (Å²) in [6, 6.07) is 9.00. The number of aliphatic carboxylic acids is 1. The fourth-order valence-electron chi connectivity index (χ4n) is 3.34. The van der Waals surface area contributed by atoms with Gasteiger partial charge < -0.3 is 30.0 Å². The van der Waals surface area contributed by atoms with Gasteiger partial charge in [0.05, 0.1) is 13.5 Å². The zero-order valence-corrected chi connectivity index (χ0v) is 24.1. The molecule has 1 aromatic rings. The molecule has 0 aromatic heterocycles. The predicted molar refractivity (Wildman–Crippen MR) is 146 cm³/mol. The molecule has 2 rings (SSSR count). The van der Waals surface area contributed by atoms with E-state index in [1.807, 2.05) is 47.6 Å². The van der Waals surface area contributed by atoms with Gasteiger partial charge in [-0.2, -0.15) is 0 Å². The largest absolute Gasteiger partial charge is 0.481 e. The van der Waals surface area contributed by atoms with Crippen molar-refractivity contribution in [1.82, 2.24) is 9.80 Å². The molecule has 1 heterocycles. The first-order chi connectivity index (χ1) is 17.7. The molecule has 0 saturated carbocycles. The molecule has 0 bridgehead atoms. The van der Waals surface area contributed by atoms with Crippen LogP contribution in [-0.2, 0) is 23.9 Å². The van der Waals surface area contributed by atoms with Gasteiger partial charge in [0.25, 0.3) is 12.9 Å². The normalized spacial score (nSPS) is 15.1. The Kier molecular flexibility index (Phi) is 19.3. The van der Waals surface area contributed by atoms with Crippen LogP contribution in [0.2, 0.25) is 0 Å². The lowest BCUT2D eigenvalue weighted by Gasteiger charge is -2.41. The predicted octanol–water partition coefficient (Wildman–Crippen LogP) is 3.40. The number of hydrogen-bond donors (Lipinski definition) is 2. The summed E-state index contributed by atoms with van der Waals surface area (Å²) in [5.74, 6) is -0.175. The van der Waals surface area contributed by atoms with E-state index >= 15 is 0 Å². The topological polar surface area (TPSA) is 149 Å². The van der Waals surface area contributed by atoms with E-state index in [9.17, 15) is 14.4 Å². The average molecular weight is 542 g/mol. The molecule has 1 aliphatic rings. The molecule has 1 saturated heterocycles. The van der Waals surface area contributed by atoms with E-state index in [0.29, 0.717) is 25.2 Å². The second-order valence-corrected chi connectivity index (χ2v) is 10.2. The Bertz CT molecular complexity index is 797. The number of carboxylic acid groups (broad SMARTS) is 1. The third kappa shape index (κ3) is 19.0. The van der Waals surface area contributed by atoms with Gasteiger partial charge >= 0.3 is 12.1 Å². The van der Waals surface area contributed by atoms with Gasteiger partial charge in [-0.1, -0.05) is 32.0 Å². The van der Waals surface area contributed by atoms with Gasteiger partial charge in [0.1, 0.15) is 11.4 Å². The average Bonchev–Trinajstić information content (AvgIpc) is 2.84. The highest BCUT2D eigenvalue weighted by atomic mass is 16.6. The molecule has 0 aliphatic carbocycles. The van der Waals surface area contributed by atoms with Crippen LogP contribution < -0.4 is 10.5 Å². The molecule has 0 spiro atoms. The lowest BCUT2D eigenvalue weighted by molar-refractivity contribution is -0.139. The number of rotatable bonds is 8. The molecular formula is C27H47N3O8. The second-order valence-electron chi connectivity index (χ2n) is 10.2. The number of carbonyl (C=O) groups is 4. The minimum Gasteiger partial charge on any atom is -0.481 e. The van der Waals surface area contributed by atoms with Crippen LogP contribution in [0.3, 0.4) is 0 Å². The highest BCUT2D eigenvalue weighted by molar-refractivity contribution is 5.68. The minimum atomic E-state index is -0.752. The van der Waals surface area contributed by atoms with Crippen molar-refractivity contribution in [3.63, 3.8) is 0 Å². The summed E-state index contributed by atoms with van der Waals surface area (Å²) in [7, 11) is 2.81. The van der Waals surface area contributed by atoms with Crippen molar-refractivity contribution in [1.29, 1.82) is 0 Å². The van der Waals surface area contributed by atoms with Gasteiger partial charge in [0.2, 0.25) is 0 Å². The van der Waals surface area contributed by atoms with Gasteiger partial charge in [-0.15, -0.1) is 0 Å². The highest BCUT2D eigenvalue weighted by Gasteiger charge is 2.31. The van der Waals surface area contributed by atoms with E-state index in [-0.39, 0.29) is 24.0 Å². The number of ether oxygens (including phenoxy) is 3. The van der Waals surface area contributed by atoms with Gasteiger partial charge in [0, 0.05) is 25.7 Å². The molecule has 1 fully saturated rings. The third-order valence-corrected chi connectivity index (χ3v) is 5.10. The van der Waals surface area contributed by atoms with E-state index in [4.69, 9.17) is 14.6 Å². The van der Waals surface area contributed by atoms with Crippen LogP contribution in [0.25, 0.3) is 0 Å². The Labute approximate surface area is 227 Å². The standard InChI is InChI=1S/C17H32N2O4.C7H6O2.C2H4O2.CH5N/c1-13-12-18(8-7-17(5,6)11-14(20)21)9-10-19(13)15(22)23-16(2,3)4;8-6-9-7-4-2-1-3-5-7;1-4-2-3;1-2/h13H,7-12H2,1-6H3,(H,20,21);1-6H;2H,1H3;2H2,1H3. The van der Waals surface area contributed by atoms with Crippen LogP contribution in [0.1, 0.15) is 54.4 Å². The molecule has 0 radical (unpaired) electrons. The van der Waals surface area contributed by atoms with Gasteiger partial charge in [-0.05, 0) is 65.3 Å². The van der Waals surface area contributed by atoms with Gasteiger partial charge in [-0.25, -0.2) is 4.79 Å². The van der Waals surface area contributed by atoms with Crippen molar-refractivity contribution in [2.24, 2.45) is 11.1 Å². The van der Waals surface area contributed by atoms with Crippen molar-refractivity contribution < 1.29 is 38.5 Å². The van der Waals surface area contributed by atoms with E-state index in [1.165, 1.54) is 14.2 Å². The number of carbonyl (C=O) groups excluding carboxylic acids is 3. The van der Waals surface area contributed by atoms with Crippen LogP contribution in [0.15, 0.2) is 30.3 Å². The lowest BCUT2D eigenvalue weighted by atomic mass is 9.85. The van der Waals surface area contributed by atoms with Crippen LogP contribution in [0, 0.1) is 5.41 Å². The van der Waals surface area contributed by atoms with Crippen molar-refractivity contribution in [2.75, 3.05) is 40.3 Å². The molecular weight excluding hydrogens is 494 g/mol. The van der Waals surface area contributed by atoms with E-state index in [0.717, 1.165) is 26.1 Å². The molecule has 1 unspecified atom stereocenters. The summed E-state index contributed by atoms with van der Waals surface area (Å²) >= 11 is 0. The number of hydrogen-bond acceptors (Lipinski definition) is 9. The van der Waals surface area contributed by atoms with E-state index < -0.39 is 11.6 Å². The number of nitrogens with two attached hydrogens (primary N) is 1. The second kappa shape index (κ2) is 19.9. The first-order valence-corrected chi connectivity index (χ1v) is 12.4. The Balaban J connectivity index is 0. The lowest BCUT2D eigenvalue weighted by Crippen LogP contribution is -2.55. The number of nitrogens with zero attached hydrogens (tertiary/aromatic N) is 2. The van der Waals surface area contributed by atoms with Crippen LogP contribution >= 0.6 is 0 Å². The Morgan fingerprint density at radius 1 is 1.05 bits per heavy atom. The zero-order valence-electron chi connectivity index (χ0n) is 24.1. The number of piperazine rings is 1. The van der Waals surface area contributed by atoms with Crippen LogP contribution in [0.5, 0.6) is 5.75 Å². The van der Waals surface area contributed by atoms with Crippen LogP contribution in [0.4, 0.5) is 4.79 Å². The van der Waals surface area contributed by atoms with Crippen molar-refractivity contribution in [3.8, 4) is 5.75 Å². The molecule has 3 N–H and O–H groups in total. The monoisotopic (exact) mass is 541 g/mol. The summed E-state index contributed by atoms with van der Waals surface area (Å²) < 4.78 is 13.8. The van der Waals surface area contributed by atoms with Crippen molar-refractivity contribution in [2.45, 2.75) is 66.0 Å². The first-order valence-electron chi connectivity index (χ1n) is 12.4. The molecule has 1 atom stereocenters. The summed E-state index contributed by atoms with van der Waals surface area (Å²) in [6.07, 6.45) is 0.759. The number of para-hydroxylation sites is 1. The van der Waals surface area contributed by atoms with Crippen molar-refractivity contribution in [3.05, 3.63) is 30.3 Å². The van der Waals surface area contributed by atoms with Gasteiger partial charge in [-0.3, -0.25) is 19.3 Å². The maximum Gasteiger partial charge on any atom is 0.410 e. The molecule has 11 nitrogen and oxygen atoms in total. The number of amides is 1. The Hall–Kier alpha value is -3.18. The molecule has 1 aromatic carbocycles. The van der Waals surface area contributed by atoms with E-state index in [1.54, 1.807) is 29.2 Å². The quantitative estimate of drug-likeness (QED) is 0.469. The number of carboxylic acids is 1. The van der Waals surface area contributed by atoms with E-state index in [2.05, 4.69) is 20.1 Å². The summed E-state index contributed by atoms with van der Waals surface area (Å²) in [4.78, 5) is 45.9.